The van der Waals surface area contributed by atoms with Gasteiger partial charge in [-0.05, 0) is 0 Å². The quantitative estimate of drug-likeness (QED) is 0.617. The number of benzene rings is 1. The summed E-state index contributed by atoms with van der Waals surface area (Å²) in [4.78, 5) is 3.36. The second-order valence-electron chi connectivity index (χ2n) is 3.48. The van der Waals surface area contributed by atoms with E-state index in [1.807, 2.05) is 0 Å². The molecule has 1 aromatic carbocycles. The number of hydrogen-bond donors (Lipinski definition) is 0. The van der Waals surface area contributed by atoms with Crippen LogP contribution in [0, 0.1) is 0 Å². The molecule has 0 aliphatic heterocycles. The number of rotatable bonds is 5. The zero-order valence-electron chi connectivity index (χ0n) is 10.3. The Bertz CT molecular complexity index is 480. The van der Waals surface area contributed by atoms with Crippen molar-refractivity contribution in [1.82, 2.24) is 0 Å². The summed E-state index contributed by atoms with van der Waals surface area (Å²) in [6.45, 7) is -1.45. The lowest BCUT2D eigenvalue weighted by Gasteiger charge is -2.16. The smallest absolute Gasteiger partial charge is 0.308 e. The first kappa shape index (κ1) is 15.9. The van der Waals surface area contributed by atoms with Gasteiger partial charge in [0.15, 0.2) is 5.45 Å². The van der Waals surface area contributed by atoms with Crippen LogP contribution in [0.3, 0.4) is 0 Å². The Labute approximate surface area is 108 Å². The maximum Gasteiger partial charge on any atom is 0.407 e. The van der Waals surface area contributed by atoms with Crippen molar-refractivity contribution >= 4 is 13.0 Å². The molecule has 0 spiro atoms. The molecule has 8 heteroatoms. The molecule has 0 atom stereocenters. The van der Waals surface area contributed by atoms with Crippen LogP contribution in [0.25, 0.3) is 0 Å². The van der Waals surface area contributed by atoms with Gasteiger partial charge < -0.3 is 9.05 Å². The van der Waals surface area contributed by atoms with Gasteiger partial charge in [-0.3, -0.25) is 9.56 Å². The lowest BCUT2D eigenvalue weighted by molar-refractivity contribution is -0.118. The molecule has 0 heterocycles. The van der Waals surface area contributed by atoms with Crippen LogP contribution in [0.2, 0.25) is 0 Å². The van der Waals surface area contributed by atoms with Gasteiger partial charge in [-0.15, -0.1) is 0 Å². The Morgan fingerprint density at radius 1 is 1.21 bits per heavy atom. The van der Waals surface area contributed by atoms with Crippen molar-refractivity contribution < 1.29 is 26.8 Å². The standard InChI is InChI=1S/C11H13F3NO3P/c1-17-19(16,18-2)10(15-8-11(12,13)14)9-6-4-3-5-7-9/h3-7H,8H2,1-2H3. The normalized spacial score (nSPS) is 13.6. The van der Waals surface area contributed by atoms with Gasteiger partial charge in [0.2, 0.25) is 0 Å². The summed E-state index contributed by atoms with van der Waals surface area (Å²) in [7, 11) is -1.66. The zero-order valence-corrected chi connectivity index (χ0v) is 11.2. The summed E-state index contributed by atoms with van der Waals surface area (Å²) < 4.78 is 58.4. The van der Waals surface area contributed by atoms with E-state index in [4.69, 9.17) is 9.05 Å². The van der Waals surface area contributed by atoms with Crippen LogP contribution in [0.15, 0.2) is 35.3 Å². The third-order valence-electron chi connectivity index (χ3n) is 2.18. The highest BCUT2D eigenvalue weighted by Crippen LogP contribution is 2.50. The average Bonchev–Trinajstić information content (AvgIpc) is 2.38. The minimum Gasteiger partial charge on any atom is -0.308 e. The van der Waals surface area contributed by atoms with E-state index in [1.165, 1.54) is 12.1 Å². The highest BCUT2D eigenvalue weighted by Gasteiger charge is 2.34. The molecule has 0 bridgehead atoms. The predicted molar refractivity (Wildman–Crippen MR) is 65.5 cm³/mol. The Morgan fingerprint density at radius 3 is 2.16 bits per heavy atom. The summed E-state index contributed by atoms with van der Waals surface area (Å²) >= 11 is 0. The van der Waals surface area contributed by atoms with Gasteiger partial charge in [-0.2, -0.15) is 13.2 Å². The molecule has 106 valence electrons. The lowest BCUT2D eigenvalue weighted by Crippen LogP contribution is -2.15. The third-order valence-corrected chi connectivity index (χ3v) is 4.06. The first-order chi connectivity index (χ1) is 8.82. The lowest BCUT2D eigenvalue weighted by atomic mass is 10.2. The van der Waals surface area contributed by atoms with E-state index < -0.39 is 20.3 Å². The van der Waals surface area contributed by atoms with Gasteiger partial charge >= 0.3 is 13.8 Å². The summed E-state index contributed by atoms with van der Waals surface area (Å²) in [5.74, 6) is 0. The largest absolute Gasteiger partial charge is 0.407 e. The van der Waals surface area contributed by atoms with E-state index in [2.05, 4.69) is 4.99 Å². The van der Waals surface area contributed by atoms with Crippen molar-refractivity contribution in [3.05, 3.63) is 35.9 Å². The molecule has 0 saturated carbocycles. The molecular formula is C11H13F3NO3P. The summed E-state index contributed by atoms with van der Waals surface area (Å²) in [5.41, 5.74) is -0.0748. The van der Waals surface area contributed by atoms with Gasteiger partial charge in [0.25, 0.3) is 0 Å². The fourth-order valence-corrected chi connectivity index (χ4v) is 2.54. The number of nitrogens with zero attached hydrogens (tertiary/aromatic N) is 1. The first-order valence-electron chi connectivity index (χ1n) is 5.21. The Morgan fingerprint density at radius 2 is 1.74 bits per heavy atom. The Balaban J connectivity index is 3.23. The molecule has 0 saturated heterocycles. The topological polar surface area (TPSA) is 47.9 Å². The van der Waals surface area contributed by atoms with E-state index in [0.29, 0.717) is 0 Å². The highest BCUT2D eigenvalue weighted by atomic mass is 31.2. The molecule has 0 aliphatic rings. The van der Waals surface area contributed by atoms with Crippen LogP contribution in [0.5, 0.6) is 0 Å². The van der Waals surface area contributed by atoms with Crippen LogP contribution in [0.4, 0.5) is 13.2 Å². The fraction of sp³-hybridized carbons (Fsp3) is 0.364. The molecular weight excluding hydrogens is 282 g/mol. The summed E-state index contributed by atoms with van der Waals surface area (Å²) in [6.07, 6.45) is -4.49. The van der Waals surface area contributed by atoms with Gasteiger partial charge in [0.1, 0.15) is 6.54 Å². The minimum atomic E-state index is -4.49. The first-order valence-corrected chi connectivity index (χ1v) is 6.75. The van der Waals surface area contributed by atoms with E-state index in [9.17, 15) is 17.7 Å². The van der Waals surface area contributed by atoms with Crippen LogP contribution >= 0.6 is 7.60 Å². The monoisotopic (exact) mass is 295 g/mol. The van der Waals surface area contributed by atoms with Gasteiger partial charge in [0, 0.05) is 19.8 Å². The number of hydrogen-bond acceptors (Lipinski definition) is 4. The Hall–Kier alpha value is -1.17. The summed E-state index contributed by atoms with van der Waals surface area (Å²) in [6, 6.07) is 7.83. The van der Waals surface area contributed by atoms with Gasteiger partial charge in [-0.1, -0.05) is 30.3 Å². The van der Waals surface area contributed by atoms with Crippen LogP contribution in [0.1, 0.15) is 5.56 Å². The molecule has 0 amide bonds. The third kappa shape index (κ3) is 4.45. The average molecular weight is 295 g/mol. The van der Waals surface area contributed by atoms with Crippen molar-refractivity contribution in [2.45, 2.75) is 6.18 Å². The van der Waals surface area contributed by atoms with E-state index in [1.54, 1.807) is 18.2 Å². The van der Waals surface area contributed by atoms with Crippen molar-refractivity contribution in [3.8, 4) is 0 Å². The highest BCUT2D eigenvalue weighted by molar-refractivity contribution is 7.73. The fourth-order valence-electron chi connectivity index (χ4n) is 1.34. The Kier molecular flexibility index (Phi) is 5.29. The second-order valence-corrected chi connectivity index (χ2v) is 5.63. The number of alkyl halides is 3. The van der Waals surface area contributed by atoms with E-state index in [0.717, 1.165) is 14.2 Å². The second kappa shape index (κ2) is 6.32. The molecule has 0 fully saturated rings. The van der Waals surface area contributed by atoms with Gasteiger partial charge in [-0.25, -0.2) is 0 Å². The van der Waals surface area contributed by atoms with Crippen molar-refractivity contribution in [2.24, 2.45) is 4.99 Å². The SMILES string of the molecule is COP(=O)(OC)C(=NCC(F)(F)F)c1ccccc1. The maximum atomic E-state index is 12.2. The zero-order chi connectivity index (χ0) is 14.5. The molecule has 0 radical (unpaired) electrons. The van der Waals surface area contributed by atoms with Crippen LogP contribution in [-0.4, -0.2) is 32.4 Å². The van der Waals surface area contributed by atoms with Crippen LogP contribution in [-0.2, 0) is 13.6 Å². The van der Waals surface area contributed by atoms with E-state index >= 15 is 0 Å². The van der Waals surface area contributed by atoms with Crippen molar-refractivity contribution in [1.29, 1.82) is 0 Å². The molecule has 1 aromatic rings. The van der Waals surface area contributed by atoms with Crippen LogP contribution < -0.4 is 0 Å². The van der Waals surface area contributed by atoms with Gasteiger partial charge in [0.05, 0.1) is 0 Å². The molecule has 0 unspecified atom stereocenters. The van der Waals surface area contributed by atoms with Crippen molar-refractivity contribution in [3.63, 3.8) is 0 Å². The molecule has 4 nitrogen and oxygen atoms in total. The molecule has 1 rings (SSSR count). The van der Waals surface area contributed by atoms with E-state index in [-0.39, 0.29) is 11.0 Å². The molecule has 0 aromatic heterocycles. The maximum absolute atomic E-state index is 12.2. The van der Waals surface area contributed by atoms with Crippen molar-refractivity contribution in [2.75, 3.05) is 20.8 Å². The predicted octanol–water partition coefficient (Wildman–Crippen LogP) is 3.48. The number of aliphatic imine (C=N–C) groups is 1. The molecule has 0 aliphatic carbocycles. The molecule has 0 N–H and O–H groups in total. The summed E-state index contributed by atoms with van der Waals surface area (Å²) in [5, 5.41) is 0. The molecule has 19 heavy (non-hydrogen) atoms. The minimum absolute atomic E-state index is 0.263. The number of halogens is 3.